The van der Waals surface area contributed by atoms with Gasteiger partial charge in [-0.1, -0.05) is 6.07 Å². The Morgan fingerprint density at radius 2 is 1.80 bits per heavy atom. The zero-order chi connectivity index (χ0) is 21.8. The van der Waals surface area contributed by atoms with Gasteiger partial charge in [-0.3, -0.25) is 19.7 Å². The highest BCUT2D eigenvalue weighted by Gasteiger charge is 2.36. The maximum absolute atomic E-state index is 12.6. The number of anilines is 2. The Labute approximate surface area is 172 Å². The fourth-order valence-corrected chi connectivity index (χ4v) is 3.30. The van der Waals surface area contributed by atoms with Gasteiger partial charge >= 0.3 is 0 Å². The first-order valence-corrected chi connectivity index (χ1v) is 9.03. The van der Waals surface area contributed by atoms with Crippen LogP contribution in [0.1, 0.15) is 6.42 Å². The van der Waals surface area contributed by atoms with E-state index in [1.54, 1.807) is 18.2 Å². The third-order valence-corrected chi connectivity index (χ3v) is 4.78. The van der Waals surface area contributed by atoms with Crippen LogP contribution in [0.5, 0.6) is 17.2 Å². The SMILES string of the molecule is COc1cc(N2CC(C(=O)Nc3cccc([N+](=O)[O-])c3)CC2=O)cc(OC)c1OC. The smallest absolute Gasteiger partial charge is 0.271 e. The lowest BCUT2D eigenvalue weighted by molar-refractivity contribution is -0.384. The van der Waals surface area contributed by atoms with E-state index in [-0.39, 0.29) is 24.6 Å². The molecule has 3 rings (SSSR count). The largest absolute Gasteiger partial charge is 0.493 e. The number of amides is 2. The molecule has 1 aliphatic heterocycles. The molecular formula is C20H21N3O7. The first-order valence-electron chi connectivity index (χ1n) is 9.03. The molecule has 0 radical (unpaired) electrons. The molecule has 2 aromatic carbocycles. The van der Waals surface area contributed by atoms with Crippen LogP contribution < -0.4 is 24.4 Å². The summed E-state index contributed by atoms with van der Waals surface area (Å²) in [4.78, 5) is 37.1. The second-order valence-corrected chi connectivity index (χ2v) is 6.59. The number of rotatable bonds is 7. The number of benzene rings is 2. The van der Waals surface area contributed by atoms with Crippen molar-refractivity contribution in [3.05, 3.63) is 46.5 Å². The van der Waals surface area contributed by atoms with Crippen LogP contribution in [-0.4, -0.2) is 44.6 Å². The quantitative estimate of drug-likeness (QED) is 0.545. The van der Waals surface area contributed by atoms with Gasteiger partial charge in [-0.05, 0) is 6.07 Å². The van der Waals surface area contributed by atoms with Crippen molar-refractivity contribution in [1.29, 1.82) is 0 Å². The maximum Gasteiger partial charge on any atom is 0.271 e. The van der Waals surface area contributed by atoms with E-state index in [9.17, 15) is 19.7 Å². The third-order valence-electron chi connectivity index (χ3n) is 4.78. The van der Waals surface area contributed by atoms with E-state index in [0.29, 0.717) is 28.6 Å². The van der Waals surface area contributed by atoms with E-state index in [0.717, 1.165) is 0 Å². The first kappa shape index (κ1) is 20.9. The van der Waals surface area contributed by atoms with E-state index in [4.69, 9.17) is 14.2 Å². The Morgan fingerprint density at radius 1 is 1.13 bits per heavy atom. The predicted molar refractivity (Wildman–Crippen MR) is 108 cm³/mol. The van der Waals surface area contributed by atoms with Crippen molar-refractivity contribution >= 4 is 28.9 Å². The molecule has 10 heteroatoms. The van der Waals surface area contributed by atoms with Crippen LogP contribution in [0.25, 0.3) is 0 Å². The number of nitrogens with zero attached hydrogens (tertiary/aromatic N) is 2. The molecule has 0 aliphatic carbocycles. The Balaban J connectivity index is 1.79. The molecule has 0 bridgehead atoms. The number of hydrogen-bond acceptors (Lipinski definition) is 7. The van der Waals surface area contributed by atoms with Crippen LogP contribution in [0, 0.1) is 16.0 Å². The van der Waals surface area contributed by atoms with Gasteiger partial charge < -0.3 is 24.4 Å². The summed E-state index contributed by atoms with van der Waals surface area (Å²) in [7, 11) is 4.43. The topological polar surface area (TPSA) is 120 Å². The van der Waals surface area contributed by atoms with Gasteiger partial charge in [-0.2, -0.15) is 0 Å². The second kappa shape index (κ2) is 8.68. The predicted octanol–water partition coefficient (Wildman–Crippen LogP) is 2.61. The maximum atomic E-state index is 12.6. The highest BCUT2D eigenvalue weighted by atomic mass is 16.6. The van der Waals surface area contributed by atoms with Crippen LogP contribution in [0.2, 0.25) is 0 Å². The molecule has 30 heavy (non-hydrogen) atoms. The van der Waals surface area contributed by atoms with Crippen molar-refractivity contribution in [3.8, 4) is 17.2 Å². The molecule has 0 saturated carbocycles. The van der Waals surface area contributed by atoms with Crippen molar-refractivity contribution in [2.75, 3.05) is 38.1 Å². The van der Waals surface area contributed by atoms with E-state index in [1.807, 2.05) is 0 Å². The van der Waals surface area contributed by atoms with Crippen LogP contribution >= 0.6 is 0 Å². The van der Waals surface area contributed by atoms with Gasteiger partial charge in [-0.25, -0.2) is 0 Å². The second-order valence-electron chi connectivity index (χ2n) is 6.59. The highest BCUT2D eigenvalue weighted by Crippen LogP contribution is 2.42. The summed E-state index contributed by atoms with van der Waals surface area (Å²) < 4.78 is 15.9. The van der Waals surface area contributed by atoms with E-state index in [2.05, 4.69) is 5.32 Å². The fraction of sp³-hybridized carbons (Fsp3) is 0.300. The summed E-state index contributed by atoms with van der Waals surface area (Å²) in [5, 5.41) is 13.5. The lowest BCUT2D eigenvalue weighted by Crippen LogP contribution is -2.28. The Morgan fingerprint density at radius 3 is 2.37 bits per heavy atom. The lowest BCUT2D eigenvalue weighted by Gasteiger charge is -2.20. The zero-order valence-corrected chi connectivity index (χ0v) is 16.7. The summed E-state index contributed by atoms with van der Waals surface area (Å²) in [5.74, 6) is -0.0539. The normalized spacial score (nSPS) is 15.6. The molecule has 1 heterocycles. The van der Waals surface area contributed by atoms with Crippen molar-refractivity contribution < 1.29 is 28.7 Å². The number of carbonyl (C=O) groups excluding carboxylic acids is 2. The Kier molecular flexibility index (Phi) is 6.05. The van der Waals surface area contributed by atoms with Gasteiger partial charge in [0.2, 0.25) is 17.6 Å². The Hall–Kier alpha value is -3.82. The summed E-state index contributed by atoms with van der Waals surface area (Å²) in [6.07, 6.45) is 0.0113. The highest BCUT2D eigenvalue weighted by molar-refractivity contribution is 6.03. The molecule has 1 atom stereocenters. The lowest BCUT2D eigenvalue weighted by atomic mass is 10.1. The third kappa shape index (κ3) is 4.12. The molecule has 0 aromatic heterocycles. The van der Waals surface area contributed by atoms with Crippen LogP contribution in [0.3, 0.4) is 0 Å². The number of nitrogens with one attached hydrogen (secondary N) is 1. The number of nitro benzene ring substituents is 1. The average molecular weight is 415 g/mol. The van der Waals surface area contributed by atoms with Gasteiger partial charge in [0.15, 0.2) is 11.5 Å². The van der Waals surface area contributed by atoms with Gasteiger partial charge in [0.05, 0.1) is 37.9 Å². The molecule has 2 aromatic rings. The summed E-state index contributed by atoms with van der Waals surface area (Å²) in [6, 6.07) is 8.92. The summed E-state index contributed by atoms with van der Waals surface area (Å²) in [5.41, 5.74) is 0.683. The molecular weight excluding hydrogens is 394 g/mol. The van der Waals surface area contributed by atoms with Gasteiger partial charge in [0.25, 0.3) is 5.69 Å². The molecule has 1 fully saturated rings. The first-order chi connectivity index (χ1) is 14.4. The van der Waals surface area contributed by atoms with Gasteiger partial charge in [0, 0.05) is 42.9 Å². The fourth-order valence-electron chi connectivity index (χ4n) is 3.30. The number of hydrogen-bond donors (Lipinski definition) is 1. The van der Waals surface area contributed by atoms with Crippen LogP contribution in [0.15, 0.2) is 36.4 Å². The van der Waals surface area contributed by atoms with Crippen LogP contribution in [0.4, 0.5) is 17.1 Å². The van der Waals surface area contributed by atoms with Crippen molar-refractivity contribution in [2.24, 2.45) is 5.92 Å². The van der Waals surface area contributed by atoms with E-state index in [1.165, 1.54) is 44.4 Å². The molecule has 2 amide bonds. The number of methoxy groups -OCH3 is 3. The number of carbonyl (C=O) groups is 2. The monoisotopic (exact) mass is 415 g/mol. The number of nitro groups is 1. The molecule has 1 aliphatic rings. The molecule has 1 N–H and O–H groups in total. The number of ether oxygens (including phenoxy) is 3. The van der Waals surface area contributed by atoms with Crippen molar-refractivity contribution in [1.82, 2.24) is 0 Å². The van der Waals surface area contributed by atoms with Gasteiger partial charge in [0.1, 0.15) is 0 Å². The van der Waals surface area contributed by atoms with Gasteiger partial charge in [-0.15, -0.1) is 0 Å². The minimum atomic E-state index is -0.615. The Bertz CT molecular complexity index is 967. The van der Waals surface area contributed by atoms with E-state index < -0.39 is 16.7 Å². The molecule has 10 nitrogen and oxygen atoms in total. The van der Waals surface area contributed by atoms with Crippen molar-refractivity contribution in [3.63, 3.8) is 0 Å². The molecule has 1 unspecified atom stereocenters. The molecule has 158 valence electrons. The number of non-ortho nitro benzene ring substituents is 1. The standard InChI is InChI=1S/C20H21N3O7/c1-28-16-9-15(10-17(29-2)19(16)30-3)22-11-12(7-18(22)24)20(25)21-13-5-4-6-14(8-13)23(26)27/h4-6,8-10,12H,7,11H2,1-3H3,(H,21,25). The zero-order valence-electron chi connectivity index (χ0n) is 16.7. The minimum Gasteiger partial charge on any atom is -0.493 e. The minimum absolute atomic E-state index is 0.0113. The van der Waals surface area contributed by atoms with E-state index >= 15 is 0 Å². The summed E-state index contributed by atoms with van der Waals surface area (Å²) >= 11 is 0. The molecule has 1 saturated heterocycles. The summed E-state index contributed by atoms with van der Waals surface area (Å²) in [6.45, 7) is 0.151. The molecule has 0 spiro atoms. The van der Waals surface area contributed by atoms with Crippen molar-refractivity contribution in [2.45, 2.75) is 6.42 Å². The average Bonchev–Trinajstić information content (AvgIpc) is 3.14. The van der Waals surface area contributed by atoms with Crippen LogP contribution in [-0.2, 0) is 9.59 Å².